The smallest absolute Gasteiger partial charge is 0.276 e. The second kappa shape index (κ2) is 8.37. The number of pyridine rings is 2. The minimum absolute atomic E-state index is 0.00745. The lowest BCUT2D eigenvalue weighted by molar-refractivity contribution is 0.102. The van der Waals surface area contributed by atoms with E-state index < -0.39 is 37.4 Å². The molecule has 9 nitrogen and oxygen atoms in total. The molecule has 0 saturated carbocycles. The molecule has 0 aliphatic carbocycles. The number of nitrogens with one attached hydrogen (secondary N) is 2. The Morgan fingerprint density at radius 3 is 2.82 bits per heavy atom. The predicted octanol–water partition coefficient (Wildman–Crippen LogP) is 2.44. The number of amides is 1. The van der Waals surface area contributed by atoms with E-state index in [-0.39, 0.29) is 33.6 Å². The highest BCUT2D eigenvalue weighted by Crippen LogP contribution is 2.48. The third-order valence-corrected chi connectivity index (χ3v) is 11.2. The predicted molar refractivity (Wildman–Crippen MR) is 130 cm³/mol. The first-order valence-corrected chi connectivity index (χ1v) is 12.8. The molecule has 0 aromatic carbocycles. The van der Waals surface area contributed by atoms with E-state index in [1.807, 2.05) is 6.07 Å². The lowest BCUT2D eigenvalue weighted by Crippen LogP contribution is -2.69. The summed E-state index contributed by atoms with van der Waals surface area (Å²) in [4.78, 5) is 25.7. The summed E-state index contributed by atoms with van der Waals surface area (Å²) in [5, 5.41) is 11.0. The van der Waals surface area contributed by atoms with Crippen LogP contribution in [0.25, 0.3) is 0 Å². The molecule has 2 aromatic heterocycles. The molecule has 4 N–H and O–H groups in total. The Morgan fingerprint density at radius 2 is 2.15 bits per heavy atom. The van der Waals surface area contributed by atoms with Crippen LogP contribution in [0.4, 0.5) is 10.2 Å². The number of carbonyl (C=O) groups is 1. The molecule has 1 saturated heterocycles. The number of halogens is 2. The number of hydrogen-bond acceptors (Lipinski definition) is 7. The number of nitriles is 1. The lowest BCUT2D eigenvalue weighted by Gasteiger charge is -2.55. The molecule has 1 fully saturated rings. The fraction of sp³-hybridized carbons (Fsp3) is 0.409. The average molecular weight is 506 g/mol. The number of nitrogens with two attached hydrogens (primary N) is 1. The molecule has 0 unspecified atom stereocenters. The number of anilines is 1. The minimum Gasteiger partial charge on any atom is -0.386 e. The summed E-state index contributed by atoms with van der Waals surface area (Å²) in [6, 6.07) is 5.68. The maximum Gasteiger partial charge on any atom is 0.276 e. The highest BCUT2D eigenvalue weighted by atomic mass is 35.5. The normalized spacial score (nSPS) is 25.9. The number of carbonyl (C=O) groups excluding carboxylic acids is 1. The maximum absolute atomic E-state index is 15.2. The number of thiol groups is 1. The van der Waals surface area contributed by atoms with E-state index in [2.05, 4.69) is 25.0 Å². The van der Waals surface area contributed by atoms with E-state index in [1.54, 1.807) is 20.8 Å². The Balaban J connectivity index is 1.75. The molecule has 180 valence electrons. The summed E-state index contributed by atoms with van der Waals surface area (Å²) in [6.07, 6.45) is 2.53. The van der Waals surface area contributed by atoms with Gasteiger partial charge in [-0.25, -0.2) is 14.4 Å². The molecule has 0 bridgehead atoms. The van der Waals surface area contributed by atoms with Crippen molar-refractivity contribution in [3.05, 3.63) is 52.2 Å². The number of nitrogens with zero attached hydrogens (tertiary/aromatic N) is 4. The van der Waals surface area contributed by atoms with Crippen molar-refractivity contribution >= 4 is 39.3 Å². The first-order valence-electron chi connectivity index (χ1n) is 10.7. The van der Waals surface area contributed by atoms with Gasteiger partial charge in [0.1, 0.15) is 40.5 Å². The molecule has 4 heterocycles. The van der Waals surface area contributed by atoms with Crippen LogP contribution < -0.4 is 15.8 Å². The average Bonchev–Trinajstić information content (AvgIpc) is 2.79. The Labute approximate surface area is 202 Å². The van der Waals surface area contributed by atoms with E-state index in [0.717, 1.165) is 6.42 Å². The fourth-order valence-electron chi connectivity index (χ4n) is 4.61. The van der Waals surface area contributed by atoms with Crippen molar-refractivity contribution in [2.24, 2.45) is 10.7 Å². The van der Waals surface area contributed by atoms with Crippen LogP contribution in [0.2, 0.25) is 5.02 Å². The van der Waals surface area contributed by atoms with E-state index in [1.165, 1.54) is 24.4 Å². The molecule has 2 aromatic rings. The van der Waals surface area contributed by atoms with Crippen LogP contribution in [0.3, 0.4) is 0 Å². The van der Waals surface area contributed by atoms with Crippen LogP contribution >= 0.6 is 11.6 Å². The third-order valence-electron chi connectivity index (χ3n) is 6.65. The summed E-state index contributed by atoms with van der Waals surface area (Å²) in [6.45, 7) is 5.82. The van der Waals surface area contributed by atoms with Gasteiger partial charge in [-0.2, -0.15) is 5.26 Å². The second-order valence-electron chi connectivity index (χ2n) is 9.07. The third kappa shape index (κ3) is 3.66. The van der Waals surface area contributed by atoms with Crippen molar-refractivity contribution < 1.29 is 13.4 Å². The summed E-state index contributed by atoms with van der Waals surface area (Å²) in [5.41, 5.74) is 5.01. The van der Waals surface area contributed by atoms with Gasteiger partial charge in [0.15, 0.2) is 0 Å². The standard InChI is InChI=1S/C22H25ClFN7O2S/c1-21(2)20(26)31-22(3,15-5-4-8-28-34(15,21)33)18-14(24)6-7-16(29-18)30-19(32)17-13(23)9-12(10-25)11-27-17/h6-7,9,11,15,34H,4-5,8H2,1-3H3,(H2,26,31)(H,28,33)(H,29,30,32)/t15-,22+/m1/s1. The number of aromatic nitrogens is 2. The molecule has 0 spiro atoms. The van der Waals surface area contributed by atoms with Crippen LogP contribution in [0, 0.1) is 17.1 Å². The van der Waals surface area contributed by atoms with Gasteiger partial charge in [0.2, 0.25) is 0 Å². The van der Waals surface area contributed by atoms with Gasteiger partial charge in [-0.1, -0.05) is 11.6 Å². The van der Waals surface area contributed by atoms with Crippen LogP contribution in [0.15, 0.2) is 29.4 Å². The maximum atomic E-state index is 15.2. The van der Waals surface area contributed by atoms with Crippen LogP contribution in [-0.4, -0.2) is 42.5 Å². The van der Waals surface area contributed by atoms with Gasteiger partial charge >= 0.3 is 0 Å². The minimum atomic E-state index is -3.14. The number of amidine groups is 1. The number of hydrogen-bond donors (Lipinski definition) is 4. The molecule has 2 aliphatic heterocycles. The van der Waals surface area contributed by atoms with Crippen molar-refractivity contribution in [2.75, 3.05) is 11.9 Å². The molecule has 12 heteroatoms. The largest absolute Gasteiger partial charge is 0.386 e. The molecular formula is C22H25ClFN7O2S. The Bertz CT molecular complexity index is 1310. The molecule has 2 atom stereocenters. The monoisotopic (exact) mass is 505 g/mol. The second-order valence-corrected chi connectivity index (χ2v) is 12.9. The van der Waals surface area contributed by atoms with Crippen LogP contribution in [0.1, 0.15) is 55.4 Å². The van der Waals surface area contributed by atoms with Gasteiger partial charge in [0.25, 0.3) is 5.91 Å². The van der Waals surface area contributed by atoms with Gasteiger partial charge in [0, 0.05) is 12.7 Å². The Hall–Kier alpha value is -2.94. The first-order chi connectivity index (χ1) is 15.9. The summed E-state index contributed by atoms with van der Waals surface area (Å²) < 4.78 is 31.6. The van der Waals surface area contributed by atoms with Crippen molar-refractivity contribution in [2.45, 2.75) is 49.1 Å². The van der Waals surface area contributed by atoms with E-state index in [0.29, 0.717) is 13.0 Å². The molecular weight excluding hydrogens is 481 g/mol. The molecule has 34 heavy (non-hydrogen) atoms. The molecule has 2 aliphatic rings. The van der Waals surface area contributed by atoms with Crippen LogP contribution in [-0.2, 0) is 15.7 Å². The highest BCUT2D eigenvalue weighted by Gasteiger charge is 2.57. The Morgan fingerprint density at radius 1 is 1.41 bits per heavy atom. The Kier molecular flexibility index (Phi) is 5.96. The van der Waals surface area contributed by atoms with Gasteiger partial charge < -0.3 is 11.1 Å². The van der Waals surface area contributed by atoms with Gasteiger partial charge in [-0.15, -0.1) is 0 Å². The fourth-order valence-corrected chi connectivity index (χ4v) is 8.57. The van der Waals surface area contributed by atoms with Crippen molar-refractivity contribution in [1.82, 2.24) is 14.7 Å². The summed E-state index contributed by atoms with van der Waals surface area (Å²) >= 11 is 6.08. The lowest BCUT2D eigenvalue weighted by atomic mass is 9.89. The summed E-state index contributed by atoms with van der Waals surface area (Å²) in [7, 11) is -3.14. The van der Waals surface area contributed by atoms with Gasteiger partial charge in [0.05, 0.1) is 20.6 Å². The zero-order valence-corrected chi connectivity index (χ0v) is 20.5. The molecule has 4 rings (SSSR count). The first kappa shape index (κ1) is 24.2. The number of fused-ring (bicyclic) bond motifs is 1. The topological polar surface area (TPSA) is 146 Å². The van der Waals surface area contributed by atoms with Crippen molar-refractivity contribution in [3.8, 4) is 6.07 Å². The molecule has 0 radical (unpaired) electrons. The van der Waals surface area contributed by atoms with E-state index >= 15 is 4.39 Å². The van der Waals surface area contributed by atoms with Crippen molar-refractivity contribution in [3.63, 3.8) is 0 Å². The zero-order chi connectivity index (χ0) is 24.9. The van der Waals surface area contributed by atoms with Crippen LogP contribution in [0.5, 0.6) is 0 Å². The highest BCUT2D eigenvalue weighted by molar-refractivity contribution is 8.04. The van der Waals surface area contributed by atoms with E-state index in [9.17, 15) is 9.00 Å². The van der Waals surface area contributed by atoms with Gasteiger partial charge in [-0.05, 0) is 61.9 Å². The SMILES string of the molecule is CC1(C)C(N)=N[C@](C)(c2nc(NC(=O)c3ncc(C#N)cc3Cl)ccc2F)[C@H]2CCCN[SH]21=O. The number of rotatable bonds is 3. The van der Waals surface area contributed by atoms with E-state index in [4.69, 9.17) is 22.6 Å². The summed E-state index contributed by atoms with van der Waals surface area (Å²) in [5.74, 6) is -1.12. The zero-order valence-electron chi connectivity index (χ0n) is 18.9. The number of aliphatic imine (C=N–C) groups is 1. The quantitative estimate of drug-likeness (QED) is 0.471. The molecule has 1 amide bonds. The van der Waals surface area contributed by atoms with Gasteiger partial charge in [-0.3, -0.25) is 18.7 Å². The van der Waals surface area contributed by atoms with Crippen molar-refractivity contribution in [1.29, 1.82) is 5.26 Å².